The number of pyridine rings is 1. The van der Waals surface area contributed by atoms with Crippen LogP contribution in [0.2, 0.25) is 0 Å². The van der Waals surface area contributed by atoms with E-state index in [4.69, 9.17) is 5.11 Å². The molecule has 0 atom stereocenters. The van der Waals surface area contributed by atoms with E-state index in [1.165, 1.54) is 18.5 Å². The van der Waals surface area contributed by atoms with Gasteiger partial charge in [-0.2, -0.15) is 4.98 Å². The highest BCUT2D eigenvalue weighted by Crippen LogP contribution is 2.10. The fourth-order valence-electron chi connectivity index (χ4n) is 1.32. The summed E-state index contributed by atoms with van der Waals surface area (Å²) < 4.78 is 4.57. The van der Waals surface area contributed by atoms with Gasteiger partial charge >= 0.3 is 5.97 Å². The maximum Gasteiger partial charge on any atom is 0.335 e. The molecular formula is C10H10N4O3. The Bertz CT molecular complexity index is 524. The zero-order valence-corrected chi connectivity index (χ0v) is 9.04. The van der Waals surface area contributed by atoms with E-state index in [0.29, 0.717) is 23.9 Å². The molecule has 0 aliphatic carbocycles. The van der Waals surface area contributed by atoms with Crippen molar-refractivity contribution in [3.05, 3.63) is 35.6 Å². The standard InChI is InChI=1S/C10H10N4O3/c1-6-2-7(10(15)16)3-8(13-6)11-4-9-12-5-17-14-9/h2-3,5H,4H2,1H3,(H,11,13)(H,15,16). The number of nitrogens with one attached hydrogen (secondary N) is 1. The van der Waals surface area contributed by atoms with Crippen molar-refractivity contribution in [3.8, 4) is 0 Å². The number of hydrogen-bond donors (Lipinski definition) is 2. The van der Waals surface area contributed by atoms with E-state index in [2.05, 4.69) is 25.0 Å². The molecule has 0 saturated carbocycles. The van der Waals surface area contributed by atoms with Gasteiger partial charge in [0.15, 0.2) is 5.82 Å². The Labute approximate surface area is 96.5 Å². The lowest BCUT2D eigenvalue weighted by Crippen LogP contribution is -2.06. The minimum atomic E-state index is -0.988. The Morgan fingerprint density at radius 2 is 2.35 bits per heavy atom. The molecular weight excluding hydrogens is 224 g/mol. The fraction of sp³-hybridized carbons (Fsp3) is 0.200. The van der Waals surface area contributed by atoms with Crippen molar-refractivity contribution in [2.75, 3.05) is 5.32 Å². The van der Waals surface area contributed by atoms with Gasteiger partial charge in [-0.1, -0.05) is 5.16 Å². The zero-order valence-electron chi connectivity index (χ0n) is 9.04. The van der Waals surface area contributed by atoms with Crippen molar-refractivity contribution in [2.24, 2.45) is 0 Å². The molecule has 7 nitrogen and oxygen atoms in total. The van der Waals surface area contributed by atoms with Crippen LogP contribution in [0, 0.1) is 6.92 Å². The van der Waals surface area contributed by atoms with Gasteiger partial charge in [0.1, 0.15) is 5.82 Å². The van der Waals surface area contributed by atoms with E-state index in [0.717, 1.165) is 0 Å². The number of rotatable bonds is 4. The van der Waals surface area contributed by atoms with Gasteiger partial charge in [-0.3, -0.25) is 0 Å². The monoisotopic (exact) mass is 234 g/mol. The first kappa shape index (κ1) is 11.1. The summed E-state index contributed by atoms with van der Waals surface area (Å²) >= 11 is 0. The van der Waals surface area contributed by atoms with Crippen molar-refractivity contribution >= 4 is 11.8 Å². The molecule has 0 bridgehead atoms. The summed E-state index contributed by atoms with van der Waals surface area (Å²) in [5.41, 5.74) is 0.814. The minimum Gasteiger partial charge on any atom is -0.478 e. The topological polar surface area (TPSA) is 101 Å². The van der Waals surface area contributed by atoms with Crippen LogP contribution in [-0.4, -0.2) is 26.2 Å². The van der Waals surface area contributed by atoms with E-state index < -0.39 is 5.97 Å². The van der Waals surface area contributed by atoms with E-state index in [-0.39, 0.29) is 5.56 Å². The van der Waals surface area contributed by atoms with Crippen LogP contribution < -0.4 is 5.32 Å². The second-order valence-electron chi connectivity index (χ2n) is 3.39. The normalized spacial score (nSPS) is 10.2. The highest BCUT2D eigenvalue weighted by molar-refractivity contribution is 5.88. The smallest absolute Gasteiger partial charge is 0.335 e. The molecule has 0 aliphatic heterocycles. The molecule has 0 aliphatic rings. The fourth-order valence-corrected chi connectivity index (χ4v) is 1.32. The molecule has 0 fully saturated rings. The van der Waals surface area contributed by atoms with Gasteiger partial charge in [0, 0.05) is 5.69 Å². The second-order valence-corrected chi connectivity index (χ2v) is 3.39. The summed E-state index contributed by atoms with van der Waals surface area (Å²) in [6, 6.07) is 2.96. The third-order valence-electron chi connectivity index (χ3n) is 2.03. The van der Waals surface area contributed by atoms with E-state index in [1.807, 2.05) is 0 Å². The molecule has 0 radical (unpaired) electrons. The highest BCUT2D eigenvalue weighted by atomic mass is 16.5. The predicted molar refractivity (Wildman–Crippen MR) is 57.6 cm³/mol. The second kappa shape index (κ2) is 4.60. The maximum atomic E-state index is 10.8. The van der Waals surface area contributed by atoms with Crippen molar-refractivity contribution < 1.29 is 14.4 Å². The molecule has 2 N–H and O–H groups in total. The predicted octanol–water partition coefficient (Wildman–Crippen LogP) is 1.08. The van der Waals surface area contributed by atoms with Gasteiger partial charge in [0.2, 0.25) is 6.39 Å². The Balaban J connectivity index is 2.13. The van der Waals surface area contributed by atoms with Crippen LogP contribution in [0.25, 0.3) is 0 Å². The Morgan fingerprint density at radius 3 is 3.00 bits per heavy atom. The molecule has 7 heteroatoms. The lowest BCUT2D eigenvalue weighted by molar-refractivity contribution is 0.0696. The number of carboxylic acids is 1. The van der Waals surface area contributed by atoms with E-state index in [1.54, 1.807) is 6.92 Å². The number of hydrogen-bond acceptors (Lipinski definition) is 6. The lowest BCUT2D eigenvalue weighted by Gasteiger charge is -2.05. The molecule has 2 aromatic rings. The Kier molecular flexibility index (Phi) is 2.99. The number of aromatic carboxylic acids is 1. The molecule has 2 heterocycles. The van der Waals surface area contributed by atoms with Crippen LogP contribution >= 0.6 is 0 Å². The molecule has 2 rings (SSSR count). The molecule has 0 saturated heterocycles. The van der Waals surface area contributed by atoms with Crippen LogP contribution in [0.4, 0.5) is 5.82 Å². The van der Waals surface area contributed by atoms with Crippen LogP contribution in [0.3, 0.4) is 0 Å². The van der Waals surface area contributed by atoms with Gasteiger partial charge < -0.3 is 14.9 Å². The molecule has 0 aromatic carbocycles. The lowest BCUT2D eigenvalue weighted by atomic mass is 10.2. The highest BCUT2D eigenvalue weighted by Gasteiger charge is 2.07. The molecule has 88 valence electrons. The van der Waals surface area contributed by atoms with E-state index >= 15 is 0 Å². The first-order chi connectivity index (χ1) is 8.15. The van der Waals surface area contributed by atoms with Crippen molar-refractivity contribution in [1.82, 2.24) is 15.1 Å². The number of carbonyl (C=O) groups is 1. The summed E-state index contributed by atoms with van der Waals surface area (Å²) in [6.07, 6.45) is 1.23. The maximum absolute atomic E-state index is 10.8. The van der Waals surface area contributed by atoms with Crippen LogP contribution in [-0.2, 0) is 6.54 Å². The van der Waals surface area contributed by atoms with Crippen LogP contribution in [0.15, 0.2) is 23.0 Å². The minimum absolute atomic E-state index is 0.188. The van der Waals surface area contributed by atoms with Crippen molar-refractivity contribution in [2.45, 2.75) is 13.5 Å². The molecule has 2 aromatic heterocycles. The van der Waals surface area contributed by atoms with Gasteiger partial charge in [0.05, 0.1) is 12.1 Å². The summed E-state index contributed by atoms with van der Waals surface area (Å²) in [4.78, 5) is 18.8. The molecule has 0 amide bonds. The first-order valence-corrected chi connectivity index (χ1v) is 4.86. The number of anilines is 1. The number of aryl methyl sites for hydroxylation is 1. The molecule has 0 unspecified atom stereocenters. The Hall–Kier alpha value is -2.44. The number of nitrogens with zero attached hydrogens (tertiary/aromatic N) is 3. The summed E-state index contributed by atoms with van der Waals surface area (Å²) in [7, 11) is 0. The van der Waals surface area contributed by atoms with Gasteiger partial charge in [-0.15, -0.1) is 0 Å². The SMILES string of the molecule is Cc1cc(C(=O)O)cc(NCc2ncon2)n1. The molecule has 17 heavy (non-hydrogen) atoms. The largest absolute Gasteiger partial charge is 0.478 e. The summed E-state index contributed by atoms with van der Waals surface area (Å²) in [5.74, 6) is -0.0458. The molecule has 0 spiro atoms. The van der Waals surface area contributed by atoms with Crippen molar-refractivity contribution in [1.29, 1.82) is 0 Å². The average molecular weight is 234 g/mol. The van der Waals surface area contributed by atoms with Gasteiger partial charge in [0.25, 0.3) is 0 Å². The number of carboxylic acid groups (broad SMARTS) is 1. The van der Waals surface area contributed by atoms with Crippen LogP contribution in [0.5, 0.6) is 0 Å². The average Bonchev–Trinajstić information content (AvgIpc) is 2.78. The summed E-state index contributed by atoms with van der Waals surface area (Å²) in [5, 5.41) is 15.4. The van der Waals surface area contributed by atoms with Crippen molar-refractivity contribution in [3.63, 3.8) is 0 Å². The number of aromatic nitrogens is 3. The van der Waals surface area contributed by atoms with E-state index in [9.17, 15) is 4.79 Å². The third kappa shape index (κ3) is 2.77. The summed E-state index contributed by atoms with van der Waals surface area (Å²) in [6.45, 7) is 2.05. The zero-order chi connectivity index (χ0) is 12.3. The first-order valence-electron chi connectivity index (χ1n) is 4.86. The quantitative estimate of drug-likeness (QED) is 0.816. The van der Waals surface area contributed by atoms with Gasteiger partial charge in [-0.25, -0.2) is 9.78 Å². The van der Waals surface area contributed by atoms with Gasteiger partial charge in [-0.05, 0) is 19.1 Å². The Morgan fingerprint density at radius 1 is 1.53 bits per heavy atom. The van der Waals surface area contributed by atoms with Crippen LogP contribution in [0.1, 0.15) is 21.9 Å². The third-order valence-corrected chi connectivity index (χ3v) is 2.03.